The largest absolute Gasteiger partial charge is 0.399 e. The number of aliphatic hydroxyl groups excluding tert-OH is 1. The molecule has 8 nitrogen and oxygen atoms in total. The highest BCUT2D eigenvalue weighted by molar-refractivity contribution is 6.01. The number of aliphatic hydroxyl groups is 1. The molecule has 0 radical (unpaired) electrons. The van der Waals surface area contributed by atoms with Crippen LogP contribution in [0.1, 0.15) is 40.4 Å². The number of carbonyl (C=O) groups is 2. The maximum Gasteiger partial charge on any atom is 0.254 e. The molecule has 188 valence electrons. The monoisotopic (exact) mass is 496 g/mol. The van der Waals surface area contributed by atoms with Crippen LogP contribution in [-0.2, 0) is 9.63 Å². The average Bonchev–Trinajstić information content (AvgIpc) is 3.33. The van der Waals surface area contributed by atoms with Crippen LogP contribution in [0.4, 0.5) is 0 Å². The van der Waals surface area contributed by atoms with Gasteiger partial charge in [-0.05, 0) is 34.9 Å². The van der Waals surface area contributed by atoms with Gasteiger partial charge in [0.25, 0.3) is 5.91 Å². The highest BCUT2D eigenvalue weighted by atomic mass is 16.6. The predicted molar refractivity (Wildman–Crippen MR) is 140 cm³/mol. The second-order valence-electron chi connectivity index (χ2n) is 8.80. The molecule has 0 bridgehead atoms. The molecule has 0 saturated carbocycles. The third-order valence-corrected chi connectivity index (χ3v) is 6.33. The van der Waals surface area contributed by atoms with Crippen molar-refractivity contribution in [2.45, 2.75) is 25.0 Å². The highest BCUT2D eigenvalue weighted by Crippen LogP contribution is 2.26. The van der Waals surface area contributed by atoms with Crippen molar-refractivity contribution in [3.63, 3.8) is 0 Å². The molecule has 2 amide bonds. The SMILES string of the molecule is CON=C1C[C@@H](CC(=O)NCC(O)c2ccccc2)N(C(=O)c2ccc(-c3ccccc3C#N)cc2)C1. The molecule has 0 aliphatic carbocycles. The van der Waals surface area contributed by atoms with Crippen molar-refractivity contribution in [3.05, 3.63) is 95.6 Å². The molecule has 1 aliphatic heterocycles. The third-order valence-electron chi connectivity index (χ3n) is 6.33. The van der Waals surface area contributed by atoms with Crippen molar-refractivity contribution in [2.24, 2.45) is 5.16 Å². The van der Waals surface area contributed by atoms with Gasteiger partial charge in [-0.3, -0.25) is 9.59 Å². The molecule has 0 aromatic heterocycles. The summed E-state index contributed by atoms with van der Waals surface area (Å²) in [6.45, 7) is 0.338. The number of nitrogens with zero attached hydrogens (tertiary/aromatic N) is 3. The van der Waals surface area contributed by atoms with Gasteiger partial charge >= 0.3 is 0 Å². The molecular weight excluding hydrogens is 468 g/mol. The van der Waals surface area contributed by atoms with Gasteiger partial charge in [0.2, 0.25) is 5.91 Å². The molecule has 1 aliphatic rings. The maximum atomic E-state index is 13.4. The molecule has 0 spiro atoms. The lowest BCUT2D eigenvalue weighted by Crippen LogP contribution is -2.40. The van der Waals surface area contributed by atoms with Gasteiger partial charge in [-0.15, -0.1) is 0 Å². The van der Waals surface area contributed by atoms with Gasteiger partial charge in [0.1, 0.15) is 7.11 Å². The van der Waals surface area contributed by atoms with Crippen LogP contribution in [0, 0.1) is 11.3 Å². The van der Waals surface area contributed by atoms with Crippen LogP contribution in [0.15, 0.2) is 84.0 Å². The zero-order valence-electron chi connectivity index (χ0n) is 20.5. The summed E-state index contributed by atoms with van der Waals surface area (Å²) in [6, 6.07) is 25.3. The van der Waals surface area contributed by atoms with Crippen molar-refractivity contribution in [1.29, 1.82) is 5.26 Å². The lowest BCUT2D eigenvalue weighted by molar-refractivity contribution is -0.122. The minimum atomic E-state index is -0.818. The zero-order valence-corrected chi connectivity index (χ0v) is 20.5. The fourth-order valence-corrected chi connectivity index (χ4v) is 4.47. The number of carbonyl (C=O) groups excluding carboxylic acids is 2. The van der Waals surface area contributed by atoms with Crippen LogP contribution in [0.2, 0.25) is 0 Å². The first kappa shape index (κ1) is 25.6. The van der Waals surface area contributed by atoms with Crippen molar-refractivity contribution in [2.75, 3.05) is 20.2 Å². The van der Waals surface area contributed by atoms with Gasteiger partial charge in [0.05, 0.1) is 30.0 Å². The summed E-state index contributed by atoms with van der Waals surface area (Å²) < 4.78 is 0. The number of rotatable bonds is 8. The lowest BCUT2D eigenvalue weighted by Gasteiger charge is -2.24. The van der Waals surface area contributed by atoms with Crippen LogP contribution >= 0.6 is 0 Å². The Morgan fingerprint density at radius 1 is 1.11 bits per heavy atom. The van der Waals surface area contributed by atoms with Crippen LogP contribution in [0.25, 0.3) is 11.1 Å². The van der Waals surface area contributed by atoms with Crippen LogP contribution < -0.4 is 5.32 Å². The first-order valence-corrected chi connectivity index (χ1v) is 12.0. The van der Waals surface area contributed by atoms with E-state index in [0.717, 1.165) is 16.7 Å². The fourth-order valence-electron chi connectivity index (χ4n) is 4.47. The van der Waals surface area contributed by atoms with E-state index in [1.165, 1.54) is 7.11 Å². The number of hydrogen-bond acceptors (Lipinski definition) is 6. The van der Waals surface area contributed by atoms with Gasteiger partial charge in [-0.25, -0.2) is 0 Å². The molecule has 1 unspecified atom stereocenters. The summed E-state index contributed by atoms with van der Waals surface area (Å²) in [5.74, 6) is -0.483. The number of hydrogen-bond donors (Lipinski definition) is 2. The van der Waals surface area contributed by atoms with Crippen LogP contribution in [0.5, 0.6) is 0 Å². The van der Waals surface area contributed by atoms with Gasteiger partial charge in [0, 0.05) is 31.0 Å². The van der Waals surface area contributed by atoms with E-state index in [-0.39, 0.29) is 31.3 Å². The molecular formula is C29H28N4O4. The van der Waals surface area contributed by atoms with Crippen LogP contribution in [0.3, 0.4) is 0 Å². The number of likely N-dealkylation sites (tertiary alicyclic amines) is 1. The van der Waals surface area contributed by atoms with Gasteiger partial charge in [-0.2, -0.15) is 5.26 Å². The van der Waals surface area contributed by atoms with E-state index < -0.39 is 12.1 Å². The average molecular weight is 497 g/mol. The summed E-state index contributed by atoms with van der Waals surface area (Å²) in [6.07, 6.45) is -0.326. The Balaban J connectivity index is 1.44. The molecule has 2 N–H and O–H groups in total. The van der Waals surface area contributed by atoms with E-state index in [1.54, 1.807) is 35.2 Å². The first-order valence-electron chi connectivity index (χ1n) is 12.0. The molecule has 3 aromatic rings. The van der Waals surface area contributed by atoms with E-state index in [2.05, 4.69) is 16.5 Å². The standard InChI is InChI=1S/C29H28N4O4/c1-37-32-24-15-25(16-28(35)31-18-27(34)21-7-3-2-4-8-21)33(19-24)29(36)22-13-11-20(12-14-22)26-10-6-5-9-23(26)17-30/h2-14,25,27,34H,15-16,18-19H2,1H3,(H,31,35)/t25-,27?/m0/s1. The van der Waals surface area contributed by atoms with E-state index in [0.29, 0.717) is 23.3 Å². The topological polar surface area (TPSA) is 115 Å². The number of amides is 2. The first-order chi connectivity index (χ1) is 18.0. The fraction of sp³-hybridized carbons (Fsp3) is 0.241. The summed E-state index contributed by atoms with van der Waals surface area (Å²) in [5, 5.41) is 26.5. The van der Waals surface area contributed by atoms with E-state index in [1.807, 2.05) is 48.5 Å². The summed E-state index contributed by atoms with van der Waals surface area (Å²) >= 11 is 0. The maximum absolute atomic E-state index is 13.4. The highest BCUT2D eigenvalue weighted by Gasteiger charge is 2.35. The van der Waals surface area contributed by atoms with Crippen molar-refractivity contribution >= 4 is 17.5 Å². The van der Waals surface area contributed by atoms with Gasteiger partial charge < -0.3 is 20.2 Å². The number of oxime groups is 1. The summed E-state index contributed by atoms with van der Waals surface area (Å²) in [4.78, 5) is 32.7. The molecule has 3 aromatic carbocycles. The summed E-state index contributed by atoms with van der Waals surface area (Å²) in [7, 11) is 1.45. The minimum absolute atomic E-state index is 0.0730. The second kappa shape index (κ2) is 12.0. The van der Waals surface area contributed by atoms with Crippen LogP contribution in [-0.4, -0.2) is 53.8 Å². The Morgan fingerprint density at radius 3 is 2.51 bits per heavy atom. The Morgan fingerprint density at radius 2 is 1.81 bits per heavy atom. The molecule has 37 heavy (non-hydrogen) atoms. The van der Waals surface area contributed by atoms with E-state index >= 15 is 0 Å². The molecule has 4 rings (SSSR count). The normalized spacial score (nSPS) is 16.7. The summed E-state index contributed by atoms with van der Waals surface area (Å²) in [5.41, 5.74) is 4.07. The molecule has 1 saturated heterocycles. The smallest absolute Gasteiger partial charge is 0.254 e. The van der Waals surface area contributed by atoms with Crippen molar-refractivity contribution < 1.29 is 19.5 Å². The van der Waals surface area contributed by atoms with Gasteiger partial charge in [-0.1, -0.05) is 65.8 Å². The molecule has 2 atom stereocenters. The Hall–Kier alpha value is -4.48. The molecule has 1 heterocycles. The van der Waals surface area contributed by atoms with Gasteiger partial charge in [0.15, 0.2) is 0 Å². The van der Waals surface area contributed by atoms with E-state index in [4.69, 9.17) is 4.84 Å². The molecule has 8 heteroatoms. The Labute approximate surface area is 215 Å². The number of benzene rings is 3. The lowest BCUT2D eigenvalue weighted by atomic mass is 9.99. The molecule has 1 fully saturated rings. The predicted octanol–water partition coefficient (Wildman–Crippen LogP) is 3.68. The zero-order chi connectivity index (χ0) is 26.2. The quantitative estimate of drug-likeness (QED) is 0.462. The van der Waals surface area contributed by atoms with Crippen molar-refractivity contribution in [3.8, 4) is 17.2 Å². The Kier molecular flexibility index (Phi) is 8.29. The van der Waals surface area contributed by atoms with Crippen molar-refractivity contribution in [1.82, 2.24) is 10.2 Å². The minimum Gasteiger partial charge on any atom is -0.399 e. The number of nitriles is 1. The Bertz CT molecular complexity index is 1320. The van der Waals surface area contributed by atoms with E-state index in [9.17, 15) is 20.0 Å². The third kappa shape index (κ3) is 6.21. The number of nitrogens with one attached hydrogen (secondary N) is 1. The second-order valence-corrected chi connectivity index (χ2v) is 8.80.